The molecule has 0 unspecified atom stereocenters. The van der Waals surface area contributed by atoms with Crippen molar-refractivity contribution in [1.82, 2.24) is 0 Å². The Morgan fingerprint density at radius 2 is 1.40 bits per heavy atom. The van der Waals surface area contributed by atoms with Gasteiger partial charge in [-0.05, 0) is 25.0 Å². The van der Waals surface area contributed by atoms with Crippen molar-refractivity contribution >= 4 is 7.82 Å². The van der Waals surface area contributed by atoms with Gasteiger partial charge in [0.25, 0.3) is 0 Å². The Kier molecular flexibility index (Phi) is 4.41. The smallest absolute Gasteiger partial charge is 0.303 e. The number of phosphoric ester groups is 1. The first-order valence-electron chi connectivity index (χ1n) is 6.22. The first-order chi connectivity index (χ1) is 9.35. The molecule has 4 nitrogen and oxygen atoms in total. The zero-order chi connectivity index (χ0) is 14.8. The summed E-state index contributed by atoms with van der Waals surface area (Å²) in [4.78, 5) is 18.3. The van der Waals surface area contributed by atoms with Crippen molar-refractivity contribution in [3.8, 4) is 0 Å². The van der Waals surface area contributed by atoms with Crippen LogP contribution in [0.4, 0.5) is 0 Å². The van der Waals surface area contributed by atoms with Gasteiger partial charge in [0.15, 0.2) is 0 Å². The molecule has 0 amide bonds. The highest BCUT2D eigenvalue weighted by molar-refractivity contribution is 7.46. The van der Waals surface area contributed by atoms with Gasteiger partial charge in [-0.3, -0.25) is 4.52 Å². The topological polar surface area (TPSA) is 66.8 Å². The summed E-state index contributed by atoms with van der Waals surface area (Å²) in [7, 11) is -4.58. The van der Waals surface area contributed by atoms with E-state index in [0.717, 1.165) is 22.3 Å². The maximum absolute atomic E-state index is 11.2. The summed E-state index contributed by atoms with van der Waals surface area (Å²) in [5.41, 5.74) is 3.46. The van der Waals surface area contributed by atoms with Gasteiger partial charge in [-0.1, -0.05) is 59.7 Å². The molecule has 0 saturated carbocycles. The van der Waals surface area contributed by atoms with Gasteiger partial charge in [-0.15, -0.1) is 0 Å². The third kappa shape index (κ3) is 4.02. The zero-order valence-electron chi connectivity index (χ0n) is 11.4. The largest absolute Gasteiger partial charge is 0.470 e. The fourth-order valence-corrected chi connectivity index (χ4v) is 2.64. The van der Waals surface area contributed by atoms with Crippen LogP contribution in [0.15, 0.2) is 48.5 Å². The van der Waals surface area contributed by atoms with Gasteiger partial charge in [0.05, 0.1) is 0 Å². The Balaban J connectivity index is 2.47. The minimum atomic E-state index is -4.58. The van der Waals surface area contributed by atoms with Gasteiger partial charge in [-0.2, -0.15) is 0 Å². The van der Waals surface area contributed by atoms with E-state index in [0.29, 0.717) is 0 Å². The zero-order valence-corrected chi connectivity index (χ0v) is 12.2. The molecule has 0 heterocycles. The lowest BCUT2D eigenvalue weighted by Crippen LogP contribution is -2.05. The van der Waals surface area contributed by atoms with Crippen molar-refractivity contribution < 1.29 is 18.9 Å². The Morgan fingerprint density at radius 3 is 1.75 bits per heavy atom. The van der Waals surface area contributed by atoms with Crippen molar-refractivity contribution in [2.45, 2.75) is 20.0 Å². The summed E-state index contributed by atoms with van der Waals surface area (Å²) in [5.74, 6) is 0. The third-order valence-corrected chi connectivity index (χ3v) is 3.42. The number of aryl methyl sites for hydroxylation is 2. The number of benzene rings is 2. The van der Waals surface area contributed by atoms with E-state index in [4.69, 9.17) is 14.3 Å². The van der Waals surface area contributed by atoms with Gasteiger partial charge in [0.1, 0.15) is 6.10 Å². The summed E-state index contributed by atoms with van der Waals surface area (Å²) >= 11 is 0. The van der Waals surface area contributed by atoms with E-state index in [1.807, 2.05) is 50.2 Å². The molecular formula is C15H17O4P. The molecule has 106 valence electrons. The molecule has 2 aromatic carbocycles. The molecule has 2 aromatic rings. The molecular weight excluding hydrogens is 275 g/mol. The minimum Gasteiger partial charge on any atom is -0.303 e. The van der Waals surface area contributed by atoms with Crippen molar-refractivity contribution in [1.29, 1.82) is 0 Å². The Hall–Kier alpha value is -1.45. The number of hydrogen-bond donors (Lipinski definition) is 2. The summed E-state index contributed by atoms with van der Waals surface area (Å²) in [5, 5.41) is 0. The number of hydrogen-bond acceptors (Lipinski definition) is 2. The maximum Gasteiger partial charge on any atom is 0.470 e. The SMILES string of the molecule is Cc1cccc(C(OP(=O)(O)O)c2cccc(C)c2)c1. The third-order valence-electron chi connectivity index (χ3n) is 2.93. The van der Waals surface area contributed by atoms with Crippen molar-refractivity contribution in [2.24, 2.45) is 0 Å². The van der Waals surface area contributed by atoms with Crippen molar-refractivity contribution in [3.05, 3.63) is 70.8 Å². The highest BCUT2D eigenvalue weighted by Crippen LogP contribution is 2.44. The van der Waals surface area contributed by atoms with Gasteiger partial charge >= 0.3 is 7.82 Å². The van der Waals surface area contributed by atoms with E-state index in [1.54, 1.807) is 12.1 Å². The van der Waals surface area contributed by atoms with Crippen LogP contribution in [-0.2, 0) is 9.09 Å². The van der Waals surface area contributed by atoms with E-state index in [-0.39, 0.29) is 0 Å². The second kappa shape index (κ2) is 5.90. The molecule has 0 aliphatic heterocycles. The number of phosphoric acid groups is 1. The molecule has 0 aromatic heterocycles. The molecule has 0 fully saturated rings. The minimum absolute atomic E-state index is 0.721. The van der Waals surface area contributed by atoms with Crippen LogP contribution in [0.5, 0.6) is 0 Å². The van der Waals surface area contributed by atoms with Gasteiger partial charge < -0.3 is 9.79 Å². The maximum atomic E-state index is 11.2. The lowest BCUT2D eigenvalue weighted by atomic mass is 9.99. The van der Waals surface area contributed by atoms with Crippen molar-refractivity contribution in [2.75, 3.05) is 0 Å². The molecule has 2 N–H and O–H groups in total. The highest BCUT2D eigenvalue weighted by atomic mass is 31.2. The average molecular weight is 292 g/mol. The van der Waals surface area contributed by atoms with Crippen LogP contribution in [0.3, 0.4) is 0 Å². The Labute approximate surface area is 118 Å². The van der Waals surface area contributed by atoms with Crippen LogP contribution >= 0.6 is 7.82 Å². The lowest BCUT2D eigenvalue weighted by molar-refractivity contribution is 0.158. The van der Waals surface area contributed by atoms with Gasteiger partial charge in [-0.25, -0.2) is 4.57 Å². The first kappa shape index (κ1) is 14.9. The van der Waals surface area contributed by atoms with E-state index in [9.17, 15) is 4.57 Å². The van der Waals surface area contributed by atoms with E-state index >= 15 is 0 Å². The van der Waals surface area contributed by atoms with Crippen LogP contribution < -0.4 is 0 Å². The molecule has 0 atom stereocenters. The summed E-state index contributed by atoms with van der Waals surface area (Å²) in [6.07, 6.45) is -0.782. The van der Waals surface area contributed by atoms with Crippen molar-refractivity contribution in [3.63, 3.8) is 0 Å². The normalized spacial score (nSPS) is 11.8. The van der Waals surface area contributed by atoms with Gasteiger partial charge in [0, 0.05) is 0 Å². The molecule has 0 aliphatic rings. The van der Waals surface area contributed by atoms with E-state index in [2.05, 4.69) is 0 Å². The highest BCUT2D eigenvalue weighted by Gasteiger charge is 2.25. The quantitative estimate of drug-likeness (QED) is 0.846. The first-order valence-corrected chi connectivity index (χ1v) is 7.75. The Bertz CT molecular complexity index is 602. The fourth-order valence-electron chi connectivity index (χ4n) is 2.12. The predicted molar refractivity (Wildman–Crippen MR) is 77.3 cm³/mol. The molecule has 0 saturated heterocycles. The molecule has 5 heteroatoms. The monoisotopic (exact) mass is 292 g/mol. The summed E-state index contributed by atoms with van der Waals surface area (Å²) in [6, 6.07) is 14.9. The van der Waals surface area contributed by atoms with Crippen LogP contribution in [0.2, 0.25) is 0 Å². The average Bonchev–Trinajstić information content (AvgIpc) is 2.35. The summed E-state index contributed by atoms with van der Waals surface area (Å²) < 4.78 is 16.2. The predicted octanol–water partition coefficient (Wildman–Crippen LogP) is 3.50. The summed E-state index contributed by atoms with van der Waals surface area (Å²) in [6.45, 7) is 3.85. The number of rotatable bonds is 4. The van der Waals surface area contributed by atoms with Crippen LogP contribution in [0.1, 0.15) is 28.4 Å². The molecule has 0 aliphatic carbocycles. The molecule has 0 radical (unpaired) electrons. The standard InChI is InChI=1S/C15H17O4P/c1-11-5-3-7-13(9-11)15(19-20(16,17)18)14-8-4-6-12(2)10-14/h3-10,15H,1-2H3,(H2,16,17,18). The van der Waals surface area contributed by atoms with E-state index in [1.165, 1.54) is 0 Å². The van der Waals surface area contributed by atoms with Crippen LogP contribution in [0.25, 0.3) is 0 Å². The second-order valence-corrected chi connectivity index (χ2v) is 6.00. The fraction of sp³-hybridized carbons (Fsp3) is 0.200. The van der Waals surface area contributed by atoms with E-state index < -0.39 is 13.9 Å². The van der Waals surface area contributed by atoms with Gasteiger partial charge in [0.2, 0.25) is 0 Å². The van der Waals surface area contributed by atoms with Crippen LogP contribution in [0, 0.1) is 13.8 Å². The lowest BCUT2D eigenvalue weighted by Gasteiger charge is -2.20. The molecule has 0 bridgehead atoms. The molecule has 0 spiro atoms. The second-order valence-electron chi connectivity index (χ2n) is 4.80. The molecule has 2 rings (SSSR count). The van der Waals surface area contributed by atoms with Crippen LogP contribution in [-0.4, -0.2) is 9.79 Å². The molecule has 20 heavy (non-hydrogen) atoms. The Morgan fingerprint density at radius 1 is 0.950 bits per heavy atom.